The van der Waals surface area contributed by atoms with Crippen LogP contribution in [0.2, 0.25) is 0 Å². The zero-order chi connectivity index (χ0) is 19.3. The Kier molecular flexibility index (Phi) is 5.76. The fourth-order valence-corrected chi connectivity index (χ4v) is 2.03. The average molecular weight is 365 g/mol. The third-order valence-electron chi connectivity index (χ3n) is 3.38. The number of hydrogen-bond donors (Lipinski definition) is 1. The molecule has 5 nitrogen and oxygen atoms in total. The lowest BCUT2D eigenvalue weighted by Gasteiger charge is -2.10. The maximum absolute atomic E-state index is 12.1. The van der Waals surface area contributed by atoms with Gasteiger partial charge in [-0.3, -0.25) is 9.59 Å². The van der Waals surface area contributed by atoms with E-state index in [9.17, 15) is 27.6 Å². The molecule has 2 rings (SSSR count). The average Bonchev–Trinajstić information content (AvgIpc) is 2.60. The molecule has 2 aromatic carbocycles. The van der Waals surface area contributed by atoms with Crippen LogP contribution in [-0.2, 0) is 4.79 Å². The van der Waals surface area contributed by atoms with Crippen molar-refractivity contribution in [3.8, 4) is 5.75 Å². The third kappa shape index (κ3) is 4.92. The van der Waals surface area contributed by atoms with Crippen LogP contribution in [-0.4, -0.2) is 30.4 Å². The molecule has 0 spiro atoms. The van der Waals surface area contributed by atoms with Gasteiger partial charge in [-0.2, -0.15) is 13.2 Å². The van der Waals surface area contributed by atoms with Gasteiger partial charge in [-0.05, 0) is 42.8 Å². The van der Waals surface area contributed by atoms with Crippen LogP contribution in [0.15, 0.2) is 48.5 Å². The normalized spacial score (nSPS) is 10.9. The molecule has 0 fully saturated rings. The Balaban J connectivity index is 2.03. The largest absolute Gasteiger partial charge is 0.471 e. The summed E-state index contributed by atoms with van der Waals surface area (Å²) in [4.78, 5) is 34.6. The highest BCUT2D eigenvalue weighted by Crippen LogP contribution is 2.21. The van der Waals surface area contributed by atoms with Crippen molar-refractivity contribution in [2.24, 2.45) is 0 Å². The van der Waals surface area contributed by atoms with Crippen LogP contribution in [0.1, 0.15) is 26.3 Å². The highest BCUT2D eigenvalue weighted by atomic mass is 19.4. The summed E-state index contributed by atoms with van der Waals surface area (Å²) in [7, 11) is 0. The predicted octanol–water partition coefficient (Wildman–Crippen LogP) is 3.08. The molecule has 26 heavy (non-hydrogen) atoms. The number of hydrogen-bond acceptors (Lipinski definition) is 4. The minimum Gasteiger partial charge on any atom is -0.423 e. The fraction of sp³-hybridized carbons (Fsp3) is 0.167. The van der Waals surface area contributed by atoms with Gasteiger partial charge in [0.2, 0.25) is 0 Å². The summed E-state index contributed by atoms with van der Waals surface area (Å²) in [6.07, 6.45) is -5.05. The number of carbonyl (C=O) groups excluding carboxylic acids is 3. The summed E-state index contributed by atoms with van der Waals surface area (Å²) in [5, 5.41) is 1.51. The van der Waals surface area contributed by atoms with Crippen LogP contribution in [0.5, 0.6) is 5.75 Å². The number of benzene rings is 2. The second kappa shape index (κ2) is 7.81. The van der Waals surface area contributed by atoms with Crippen molar-refractivity contribution in [2.45, 2.75) is 13.1 Å². The lowest BCUT2D eigenvalue weighted by atomic mass is 10.1. The fourth-order valence-electron chi connectivity index (χ4n) is 2.03. The van der Waals surface area contributed by atoms with Crippen molar-refractivity contribution in [3.63, 3.8) is 0 Å². The van der Waals surface area contributed by atoms with E-state index in [-0.39, 0.29) is 11.3 Å². The lowest BCUT2D eigenvalue weighted by Crippen LogP contribution is -2.39. The molecular formula is C18H14F3NO4. The molecule has 0 unspecified atom stereocenters. The first-order chi connectivity index (χ1) is 12.2. The van der Waals surface area contributed by atoms with Crippen molar-refractivity contribution >= 4 is 17.7 Å². The monoisotopic (exact) mass is 365 g/mol. The number of aryl methyl sites for hydroxylation is 1. The first kappa shape index (κ1) is 19.2. The smallest absolute Gasteiger partial charge is 0.423 e. The molecule has 1 N–H and O–H groups in total. The number of carbonyl (C=O) groups is 3. The maximum Gasteiger partial charge on any atom is 0.471 e. The Labute approximate surface area is 146 Å². The van der Waals surface area contributed by atoms with Crippen LogP contribution >= 0.6 is 0 Å². The molecular weight excluding hydrogens is 351 g/mol. The van der Waals surface area contributed by atoms with E-state index in [1.807, 2.05) is 0 Å². The molecule has 2 aromatic rings. The van der Waals surface area contributed by atoms with Gasteiger partial charge in [0.05, 0.1) is 12.1 Å². The molecule has 0 heterocycles. The predicted molar refractivity (Wildman–Crippen MR) is 86.0 cm³/mol. The van der Waals surface area contributed by atoms with Crippen LogP contribution < -0.4 is 10.1 Å². The summed E-state index contributed by atoms with van der Waals surface area (Å²) in [6.45, 7) is 0.791. The van der Waals surface area contributed by atoms with Crippen molar-refractivity contribution in [1.29, 1.82) is 0 Å². The van der Waals surface area contributed by atoms with E-state index in [0.29, 0.717) is 11.1 Å². The van der Waals surface area contributed by atoms with Gasteiger partial charge in [0.25, 0.3) is 0 Å². The molecule has 8 heteroatoms. The number of rotatable bonds is 5. The molecule has 0 aliphatic rings. The minimum atomic E-state index is -5.05. The highest BCUT2D eigenvalue weighted by molar-refractivity contribution is 6.00. The lowest BCUT2D eigenvalue weighted by molar-refractivity contribution is -0.173. The topological polar surface area (TPSA) is 72.5 Å². The first-order valence-corrected chi connectivity index (χ1v) is 7.44. The molecule has 0 aliphatic carbocycles. The van der Waals surface area contributed by atoms with Gasteiger partial charge in [-0.25, -0.2) is 4.79 Å². The van der Waals surface area contributed by atoms with Gasteiger partial charge in [0.1, 0.15) is 5.75 Å². The molecule has 0 saturated heterocycles. The van der Waals surface area contributed by atoms with Crippen LogP contribution in [0, 0.1) is 6.92 Å². The number of halogens is 3. The van der Waals surface area contributed by atoms with Gasteiger partial charge < -0.3 is 10.1 Å². The van der Waals surface area contributed by atoms with E-state index in [2.05, 4.69) is 0 Å². The highest BCUT2D eigenvalue weighted by Gasteiger charge is 2.38. The Hall–Kier alpha value is -3.16. The summed E-state index contributed by atoms with van der Waals surface area (Å²) in [6, 6.07) is 12.3. The van der Waals surface area contributed by atoms with E-state index in [4.69, 9.17) is 4.74 Å². The number of amides is 1. The number of ether oxygens (including phenoxy) is 1. The Morgan fingerprint density at radius 2 is 1.65 bits per heavy atom. The molecule has 0 bridgehead atoms. The van der Waals surface area contributed by atoms with Gasteiger partial charge in [-0.15, -0.1) is 0 Å². The van der Waals surface area contributed by atoms with Crippen LogP contribution in [0.3, 0.4) is 0 Å². The van der Waals surface area contributed by atoms with Crippen LogP contribution in [0.25, 0.3) is 0 Å². The number of alkyl halides is 3. The summed E-state index contributed by atoms with van der Waals surface area (Å²) >= 11 is 0. The van der Waals surface area contributed by atoms with Crippen molar-refractivity contribution in [2.75, 3.05) is 6.54 Å². The van der Waals surface area contributed by atoms with E-state index in [0.717, 1.165) is 0 Å². The van der Waals surface area contributed by atoms with E-state index in [1.165, 1.54) is 23.5 Å². The summed E-state index contributed by atoms with van der Waals surface area (Å²) in [5.74, 6) is -3.25. The number of ketones is 1. The third-order valence-corrected chi connectivity index (χ3v) is 3.38. The van der Waals surface area contributed by atoms with E-state index in [1.54, 1.807) is 37.3 Å². The Morgan fingerprint density at radius 3 is 2.23 bits per heavy atom. The van der Waals surface area contributed by atoms with Gasteiger partial charge in [-0.1, -0.05) is 18.2 Å². The number of Topliss-reactive ketones (excluding diaryl/α,β-unsaturated/α-hetero) is 1. The Bertz CT molecular complexity index is 832. The Morgan fingerprint density at radius 1 is 1.00 bits per heavy atom. The zero-order valence-corrected chi connectivity index (χ0v) is 13.6. The second-order valence-electron chi connectivity index (χ2n) is 5.34. The minimum absolute atomic E-state index is 0.0875. The summed E-state index contributed by atoms with van der Waals surface area (Å²) in [5.41, 5.74) is 0.883. The van der Waals surface area contributed by atoms with E-state index >= 15 is 0 Å². The molecule has 1 amide bonds. The standard InChI is InChI=1S/C18H14F3NO4/c1-11-9-13(14(23)10-22-17(25)18(19,20)21)7-8-15(11)26-16(24)12-5-3-2-4-6-12/h2-9H,10H2,1H3,(H,22,25). The molecule has 0 aliphatic heterocycles. The van der Waals surface area contributed by atoms with Crippen molar-refractivity contribution < 1.29 is 32.3 Å². The SMILES string of the molecule is Cc1cc(C(=O)CNC(=O)C(F)(F)F)ccc1OC(=O)c1ccccc1. The molecule has 0 radical (unpaired) electrons. The second-order valence-corrected chi connectivity index (χ2v) is 5.34. The zero-order valence-electron chi connectivity index (χ0n) is 13.6. The number of esters is 1. The molecule has 0 aromatic heterocycles. The number of nitrogens with one attached hydrogen (secondary N) is 1. The van der Waals surface area contributed by atoms with Gasteiger partial charge in [0.15, 0.2) is 5.78 Å². The van der Waals surface area contributed by atoms with E-state index < -0.39 is 30.4 Å². The quantitative estimate of drug-likeness (QED) is 0.502. The molecule has 0 atom stereocenters. The molecule has 0 saturated carbocycles. The maximum atomic E-state index is 12.1. The van der Waals surface area contributed by atoms with Gasteiger partial charge >= 0.3 is 18.1 Å². The van der Waals surface area contributed by atoms with Gasteiger partial charge in [0, 0.05) is 5.56 Å². The van der Waals surface area contributed by atoms with Crippen LogP contribution in [0.4, 0.5) is 13.2 Å². The first-order valence-electron chi connectivity index (χ1n) is 7.44. The summed E-state index contributed by atoms with van der Waals surface area (Å²) < 4.78 is 41.6. The molecule has 136 valence electrons. The van der Waals surface area contributed by atoms with Crippen molar-refractivity contribution in [1.82, 2.24) is 5.32 Å². The van der Waals surface area contributed by atoms with Crippen molar-refractivity contribution in [3.05, 3.63) is 65.2 Å².